The van der Waals surface area contributed by atoms with Crippen molar-refractivity contribution in [3.05, 3.63) is 64.7 Å². The van der Waals surface area contributed by atoms with Gasteiger partial charge in [-0.25, -0.2) is 0 Å². The van der Waals surface area contributed by atoms with Crippen molar-refractivity contribution in [2.24, 2.45) is 0 Å². The largest absolute Gasteiger partial charge is 0.484 e. The Labute approximate surface area is 202 Å². The molecule has 5 nitrogen and oxygen atoms in total. The van der Waals surface area contributed by atoms with Gasteiger partial charge in [-0.15, -0.1) is 0 Å². The monoisotopic (exact) mass is 470 g/mol. The maximum absolute atomic E-state index is 13.3. The standard InChI is InChI=1S/C27H35ClN2O3/c1-3-20-12-16-24(17-13-20)33-19-26(31)30(18-21-10-14-22(28)15-11-21)25(4-2)27(32)29-23-8-6-5-7-9-23/h10-17,23,25H,3-9,18-19H2,1-2H3,(H,29,32). The third-order valence-corrected chi connectivity index (χ3v) is 6.55. The lowest BCUT2D eigenvalue weighted by Crippen LogP contribution is -2.52. The van der Waals surface area contributed by atoms with Gasteiger partial charge in [0.1, 0.15) is 11.8 Å². The minimum atomic E-state index is -0.554. The molecule has 0 aliphatic heterocycles. The fourth-order valence-corrected chi connectivity index (χ4v) is 4.43. The van der Waals surface area contributed by atoms with Gasteiger partial charge < -0.3 is 15.0 Å². The number of amides is 2. The van der Waals surface area contributed by atoms with Crippen LogP contribution < -0.4 is 10.1 Å². The van der Waals surface area contributed by atoms with Crippen LogP contribution in [0, 0.1) is 0 Å². The zero-order chi connectivity index (χ0) is 23.6. The summed E-state index contributed by atoms with van der Waals surface area (Å²) in [4.78, 5) is 28.2. The first-order valence-electron chi connectivity index (χ1n) is 12.1. The number of aryl methyl sites for hydroxylation is 1. The molecule has 2 amide bonds. The summed E-state index contributed by atoms with van der Waals surface area (Å²) in [6.45, 7) is 4.24. The van der Waals surface area contributed by atoms with E-state index in [2.05, 4.69) is 12.2 Å². The van der Waals surface area contributed by atoms with Crippen molar-refractivity contribution in [1.82, 2.24) is 10.2 Å². The van der Waals surface area contributed by atoms with Gasteiger partial charge in [0.25, 0.3) is 5.91 Å². The molecule has 1 atom stereocenters. The Morgan fingerprint density at radius 2 is 1.64 bits per heavy atom. The molecule has 178 valence electrons. The Morgan fingerprint density at radius 3 is 2.24 bits per heavy atom. The van der Waals surface area contributed by atoms with Crippen molar-refractivity contribution < 1.29 is 14.3 Å². The van der Waals surface area contributed by atoms with Crippen molar-refractivity contribution in [2.75, 3.05) is 6.61 Å². The van der Waals surface area contributed by atoms with Gasteiger partial charge in [-0.05, 0) is 61.1 Å². The van der Waals surface area contributed by atoms with Crippen LogP contribution in [0.25, 0.3) is 0 Å². The van der Waals surface area contributed by atoms with Crippen molar-refractivity contribution in [2.45, 2.75) is 77.4 Å². The average Bonchev–Trinajstić information content (AvgIpc) is 2.84. The minimum absolute atomic E-state index is 0.0842. The van der Waals surface area contributed by atoms with Crippen LogP contribution in [0.4, 0.5) is 0 Å². The molecule has 2 aromatic rings. The number of carbonyl (C=O) groups is 2. The second kappa shape index (κ2) is 12.6. The molecule has 1 aliphatic carbocycles. The molecule has 33 heavy (non-hydrogen) atoms. The molecule has 1 aliphatic rings. The predicted octanol–water partition coefficient (Wildman–Crippen LogP) is 5.54. The van der Waals surface area contributed by atoms with Crippen LogP contribution >= 0.6 is 11.6 Å². The van der Waals surface area contributed by atoms with Crippen molar-refractivity contribution in [1.29, 1.82) is 0 Å². The number of halogens is 1. The number of rotatable bonds is 10. The van der Waals surface area contributed by atoms with E-state index in [4.69, 9.17) is 16.3 Å². The summed E-state index contributed by atoms with van der Waals surface area (Å²) in [5.41, 5.74) is 2.13. The fourth-order valence-electron chi connectivity index (χ4n) is 4.30. The van der Waals surface area contributed by atoms with Gasteiger partial charge in [0.2, 0.25) is 5.91 Å². The molecule has 3 rings (SSSR count). The van der Waals surface area contributed by atoms with Gasteiger partial charge in [-0.1, -0.05) is 69.0 Å². The fraction of sp³-hybridized carbons (Fsp3) is 0.481. The molecule has 0 bridgehead atoms. The van der Waals surface area contributed by atoms with Gasteiger partial charge in [0.05, 0.1) is 0 Å². The number of hydrogen-bond acceptors (Lipinski definition) is 3. The highest BCUT2D eigenvalue weighted by atomic mass is 35.5. The predicted molar refractivity (Wildman–Crippen MR) is 132 cm³/mol. The number of benzene rings is 2. The first-order chi connectivity index (χ1) is 16.0. The number of carbonyl (C=O) groups excluding carboxylic acids is 2. The molecule has 0 heterocycles. The molecular formula is C27H35ClN2O3. The maximum Gasteiger partial charge on any atom is 0.261 e. The highest BCUT2D eigenvalue weighted by Gasteiger charge is 2.30. The quantitative estimate of drug-likeness (QED) is 0.496. The molecule has 0 aromatic heterocycles. The Balaban J connectivity index is 1.73. The second-order valence-electron chi connectivity index (χ2n) is 8.70. The number of hydrogen-bond donors (Lipinski definition) is 1. The summed E-state index contributed by atoms with van der Waals surface area (Å²) in [5.74, 6) is 0.348. The van der Waals surface area contributed by atoms with Crippen LogP contribution in [-0.2, 0) is 22.6 Å². The average molecular weight is 471 g/mol. The first-order valence-corrected chi connectivity index (χ1v) is 12.4. The van der Waals surface area contributed by atoms with Crippen molar-refractivity contribution in [3.8, 4) is 5.75 Å². The number of nitrogens with one attached hydrogen (secondary N) is 1. The SMILES string of the molecule is CCc1ccc(OCC(=O)N(Cc2ccc(Cl)cc2)C(CC)C(=O)NC2CCCCC2)cc1. The van der Waals surface area contributed by atoms with Gasteiger partial charge in [-0.3, -0.25) is 9.59 Å². The zero-order valence-electron chi connectivity index (χ0n) is 19.7. The molecule has 1 unspecified atom stereocenters. The van der Waals surface area contributed by atoms with E-state index >= 15 is 0 Å². The van der Waals surface area contributed by atoms with Gasteiger partial charge in [0, 0.05) is 17.6 Å². The lowest BCUT2D eigenvalue weighted by molar-refractivity contribution is -0.143. The lowest BCUT2D eigenvalue weighted by atomic mass is 9.95. The van der Waals surface area contributed by atoms with E-state index in [1.807, 2.05) is 43.3 Å². The summed E-state index contributed by atoms with van der Waals surface area (Å²) in [6.07, 6.45) is 6.99. The summed E-state index contributed by atoms with van der Waals surface area (Å²) < 4.78 is 5.79. The highest BCUT2D eigenvalue weighted by Crippen LogP contribution is 2.20. The van der Waals surface area contributed by atoms with E-state index < -0.39 is 6.04 Å². The Bertz CT molecular complexity index is 893. The Morgan fingerprint density at radius 1 is 1.00 bits per heavy atom. The Hall–Kier alpha value is -2.53. The van der Waals surface area contributed by atoms with E-state index in [0.29, 0.717) is 23.7 Å². The van der Waals surface area contributed by atoms with E-state index in [1.54, 1.807) is 17.0 Å². The summed E-state index contributed by atoms with van der Waals surface area (Å²) in [5, 5.41) is 3.83. The van der Waals surface area contributed by atoms with Gasteiger partial charge in [-0.2, -0.15) is 0 Å². The van der Waals surface area contributed by atoms with Crippen LogP contribution in [-0.4, -0.2) is 35.4 Å². The Kier molecular flexibility index (Phi) is 9.61. The molecule has 0 radical (unpaired) electrons. The molecule has 1 fully saturated rings. The summed E-state index contributed by atoms with van der Waals surface area (Å²) >= 11 is 6.03. The van der Waals surface area contributed by atoms with Gasteiger partial charge >= 0.3 is 0 Å². The first kappa shape index (κ1) is 25.1. The third kappa shape index (κ3) is 7.50. The molecular weight excluding hydrogens is 436 g/mol. The van der Waals surface area contributed by atoms with Gasteiger partial charge in [0.15, 0.2) is 6.61 Å². The topological polar surface area (TPSA) is 58.6 Å². The maximum atomic E-state index is 13.3. The molecule has 1 saturated carbocycles. The van der Waals surface area contributed by atoms with E-state index in [-0.39, 0.29) is 24.5 Å². The number of nitrogens with zero attached hydrogens (tertiary/aromatic N) is 1. The summed E-state index contributed by atoms with van der Waals surface area (Å²) in [7, 11) is 0. The molecule has 0 spiro atoms. The zero-order valence-corrected chi connectivity index (χ0v) is 20.4. The molecule has 6 heteroatoms. The van der Waals surface area contributed by atoms with E-state index in [0.717, 1.165) is 37.7 Å². The van der Waals surface area contributed by atoms with E-state index in [9.17, 15) is 9.59 Å². The third-order valence-electron chi connectivity index (χ3n) is 6.30. The van der Waals surface area contributed by atoms with Crippen molar-refractivity contribution >= 4 is 23.4 Å². The van der Waals surface area contributed by atoms with Crippen LogP contribution in [0.2, 0.25) is 5.02 Å². The van der Waals surface area contributed by atoms with Crippen LogP contribution in [0.15, 0.2) is 48.5 Å². The number of ether oxygens (including phenoxy) is 1. The highest BCUT2D eigenvalue weighted by molar-refractivity contribution is 6.30. The minimum Gasteiger partial charge on any atom is -0.484 e. The van der Waals surface area contributed by atoms with Crippen LogP contribution in [0.3, 0.4) is 0 Å². The van der Waals surface area contributed by atoms with Crippen LogP contribution in [0.1, 0.15) is 63.5 Å². The van der Waals surface area contributed by atoms with E-state index in [1.165, 1.54) is 12.0 Å². The lowest BCUT2D eigenvalue weighted by Gasteiger charge is -2.32. The smallest absolute Gasteiger partial charge is 0.261 e. The molecule has 1 N–H and O–H groups in total. The molecule has 0 saturated heterocycles. The van der Waals surface area contributed by atoms with Crippen LogP contribution in [0.5, 0.6) is 5.75 Å². The second-order valence-corrected chi connectivity index (χ2v) is 9.14. The molecule has 2 aromatic carbocycles. The normalized spacial score (nSPS) is 15.0. The van der Waals surface area contributed by atoms with Crippen molar-refractivity contribution in [3.63, 3.8) is 0 Å². The summed E-state index contributed by atoms with van der Waals surface area (Å²) in [6, 6.07) is 14.8.